The van der Waals surface area contributed by atoms with Crippen molar-refractivity contribution < 1.29 is 4.79 Å². The van der Waals surface area contributed by atoms with Gasteiger partial charge in [0.2, 0.25) is 5.91 Å². The number of thioether (sulfide) groups is 1. The zero-order valence-corrected chi connectivity index (χ0v) is 11.8. The number of carbonyl (C=O) groups excluding carboxylic acids is 1. The van der Waals surface area contributed by atoms with Crippen molar-refractivity contribution in [3.05, 3.63) is 23.8 Å². The molecule has 0 unspecified atom stereocenters. The minimum atomic E-state index is 0.143. The van der Waals surface area contributed by atoms with Gasteiger partial charge in [-0.15, -0.1) is 11.8 Å². The first kappa shape index (κ1) is 13.4. The summed E-state index contributed by atoms with van der Waals surface area (Å²) >= 11 is 1.81. The van der Waals surface area contributed by atoms with Crippen LogP contribution < -0.4 is 10.2 Å². The van der Waals surface area contributed by atoms with Crippen molar-refractivity contribution in [1.82, 2.24) is 5.32 Å². The maximum atomic E-state index is 11.6. The van der Waals surface area contributed by atoms with E-state index in [1.54, 1.807) is 6.92 Å². The molecule has 18 heavy (non-hydrogen) atoms. The number of anilines is 1. The summed E-state index contributed by atoms with van der Waals surface area (Å²) in [4.78, 5) is 14.7. The Kier molecular flexibility index (Phi) is 4.66. The van der Waals surface area contributed by atoms with Crippen LogP contribution in [-0.2, 0) is 11.2 Å². The van der Waals surface area contributed by atoms with E-state index in [1.807, 2.05) is 16.7 Å². The van der Waals surface area contributed by atoms with Gasteiger partial charge in [0.05, 0.1) is 0 Å². The molecule has 1 aliphatic heterocycles. The number of hydrogen-bond donors (Lipinski definition) is 1. The standard InChI is InChI=1S/C14H20N2OS/c1-3-15-10-18-13-6-7-14-12(9-13)5-4-8-16(14)11(2)17/h6-7,9,15H,3-5,8,10H2,1-2H3. The summed E-state index contributed by atoms with van der Waals surface area (Å²) in [5.74, 6) is 1.08. The summed E-state index contributed by atoms with van der Waals surface area (Å²) in [6, 6.07) is 6.43. The molecule has 0 aliphatic carbocycles. The van der Waals surface area contributed by atoms with Crippen LogP contribution in [0.3, 0.4) is 0 Å². The number of rotatable bonds is 4. The highest BCUT2D eigenvalue weighted by molar-refractivity contribution is 7.99. The number of fused-ring (bicyclic) bond motifs is 1. The monoisotopic (exact) mass is 264 g/mol. The van der Waals surface area contributed by atoms with Gasteiger partial charge in [0.15, 0.2) is 0 Å². The average molecular weight is 264 g/mol. The maximum absolute atomic E-state index is 11.6. The second kappa shape index (κ2) is 6.25. The summed E-state index contributed by atoms with van der Waals surface area (Å²) in [5.41, 5.74) is 2.40. The quantitative estimate of drug-likeness (QED) is 0.515. The molecule has 1 aromatic carbocycles. The van der Waals surface area contributed by atoms with E-state index in [1.165, 1.54) is 10.5 Å². The SMILES string of the molecule is CCNCSc1ccc2c(c1)CCCN2C(C)=O. The van der Waals surface area contributed by atoms with E-state index >= 15 is 0 Å². The summed E-state index contributed by atoms with van der Waals surface area (Å²) in [5, 5.41) is 3.30. The van der Waals surface area contributed by atoms with Gasteiger partial charge in [-0.05, 0) is 43.1 Å². The molecule has 0 bridgehead atoms. The lowest BCUT2D eigenvalue weighted by atomic mass is 10.0. The van der Waals surface area contributed by atoms with Crippen LogP contribution in [0.1, 0.15) is 25.8 Å². The third kappa shape index (κ3) is 3.06. The van der Waals surface area contributed by atoms with Crippen molar-refractivity contribution in [2.45, 2.75) is 31.6 Å². The van der Waals surface area contributed by atoms with Crippen LogP contribution in [0.5, 0.6) is 0 Å². The summed E-state index contributed by atoms with van der Waals surface area (Å²) in [7, 11) is 0. The summed E-state index contributed by atoms with van der Waals surface area (Å²) in [6.45, 7) is 5.60. The molecule has 1 amide bonds. The molecule has 0 saturated heterocycles. The number of nitrogens with one attached hydrogen (secondary N) is 1. The molecule has 0 fully saturated rings. The topological polar surface area (TPSA) is 32.3 Å². The molecule has 0 atom stereocenters. The van der Waals surface area contributed by atoms with Crippen LogP contribution >= 0.6 is 11.8 Å². The van der Waals surface area contributed by atoms with Gasteiger partial charge in [0.25, 0.3) is 0 Å². The van der Waals surface area contributed by atoms with Crippen molar-refractivity contribution in [2.24, 2.45) is 0 Å². The lowest BCUT2D eigenvalue weighted by molar-refractivity contribution is -0.116. The predicted octanol–water partition coefficient (Wildman–Crippen LogP) is 2.64. The van der Waals surface area contributed by atoms with Crippen LogP contribution in [0, 0.1) is 0 Å². The zero-order chi connectivity index (χ0) is 13.0. The van der Waals surface area contributed by atoms with E-state index in [-0.39, 0.29) is 5.91 Å². The van der Waals surface area contributed by atoms with E-state index < -0.39 is 0 Å². The number of aryl methyl sites for hydroxylation is 1. The maximum Gasteiger partial charge on any atom is 0.223 e. The smallest absolute Gasteiger partial charge is 0.223 e. The molecule has 4 heteroatoms. The largest absolute Gasteiger partial charge is 0.312 e. The molecule has 0 radical (unpaired) electrons. The van der Waals surface area contributed by atoms with Crippen LogP contribution in [0.4, 0.5) is 5.69 Å². The molecule has 2 rings (SSSR count). The van der Waals surface area contributed by atoms with Crippen molar-refractivity contribution in [2.75, 3.05) is 23.9 Å². The first-order valence-electron chi connectivity index (χ1n) is 6.47. The van der Waals surface area contributed by atoms with Gasteiger partial charge in [-0.1, -0.05) is 6.92 Å². The van der Waals surface area contributed by atoms with Gasteiger partial charge < -0.3 is 10.2 Å². The van der Waals surface area contributed by atoms with Gasteiger partial charge in [0, 0.05) is 29.9 Å². The fourth-order valence-corrected chi connectivity index (χ4v) is 3.09. The Morgan fingerprint density at radius 2 is 2.33 bits per heavy atom. The highest BCUT2D eigenvalue weighted by atomic mass is 32.2. The molecule has 3 nitrogen and oxygen atoms in total. The summed E-state index contributed by atoms with van der Waals surface area (Å²) < 4.78 is 0. The first-order chi connectivity index (χ1) is 8.72. The number of carbonyl (C=O) groups is 1. The molecule has 1 N–H and O–H groups in total. The van der Waals surface area contributed by atoms with Crippen LogP contribution in [0.2, 0.25) is 0 Å². The average Bonchev–Trinajstić information content (AvgIpc) is 2.38. The van der Waals surface area contributed by atoms with Crippen LogP contribution in [0.25, 0.3) is 0 Å². The van der Waals surface area contributed by atoms with Crippen molar-refractivity contribution in [3.63, 3.8) is 0 Å². The zero-order valence-electron chi connectivity index (χ0n) is 11.0. The van der Waals surface area contributed by atoms with Gasteiger partial charge in [-0.2, -0.15) is 0 Å². The number of amides is 1. The molecule has 0 spiro atoms. The third-order valence-electron chi connectivity index (χ3n) is 3.14. The Morgan fingerprint density at radius 1 is 1.50 bits per heavy atom. The lowest BCUT2D eigenvalue weighted by Gasteiger charge is -2.28. The highest BCUT2D eigenvalue weighted by Crippen LogP contribution is 2.31. The third-order valence-corrected chi connectivity index (χ3v) is 4.08. The van der Waals surface area contributed by atoms with Crippen LogP contribution in [0.15, 0.2) is 23.1 Å². The minimum Gasteiger partial charge on any atom is -0.312 e. The molecule has 1 aliphatic rings. The van der Waals surface area contributed by atoms with E-state index in [2.05, 4.69) is 30.4 Å². The van der Waals surface area contributed by atoms with Gasteiger partial charge in [-0.25, -0.2) is 0 Å². The number of hydrogen-bond acceptors (Lipinski definition) is 3. The van der Waals surface area contributed by atoms with Crippen molar-refractivity contribution >= 4 is 23.4 Å². The Bertz CT molecular complexity index is 434. The molecule has 0 saturated carbocycles. The van der Waals surface area contributed by atoms with Crippen molar-refractivity contribution in [1.29, 1.82) is 0 Å². The van der Waals surface area contributed by atoms with Crippen LogP contribution in [-0.4, -0.2) is 24.9 Å². The number of benzene rings is 1. The molecule has 1 heterocycles. The Balaban J connectivity index is 2.14. The van der Waals surface area contributed by atoms with Crippen molar-refractivity contribution in [3.8, 4) is 0 Å². The fraction of sp³-hybridized carbons (Fsp3) is 0.500. The van der Waals surface area contributed by atoms with E-state index in [0.29, 0.717) is 0 Å². The molecule has 0 aromatic heterocycles. The normalized spacial score (nSPS) is 14.4. The Labute approximate surface area is 113 Å². The fourth-order valence-electron chi connectivity index (χ4n) is 2.23. The first-order valence-corrected chi connectivity index (χ1v) is 7.45. The highest BCUT2D eigenvalue weighted by Gasteiger charge is 2.19. The van der Waals surface area contributed by atoms with Gasteiger partial charge >= 0.3 is 0 Å². The second-order valence-electron chi connectivity index (χ2n) is 4.46. The molecular formula is C14H20N2OS. The predicted molar refractivity (Wildman–Crippen MR) is 77.2 cm³/mol. The van der Waals surface area contributed by atoms with Gasteiger partial charge in [0.1, 0.15) is 0 Å². The molecule has 1 aromatic rings. The van der Waals surface area contributed by atoms with E-state index in [4.69, 9.17) is 0 Å². The number of nitrogens with zero attached hydrogens (tertiary/aromatic N) is 1. The molecule has 98 valence electrons. The van der Waals surface area contributed by atoms with E-state index in [9.17, 15) is 4.79 Å². The Hall–Kier alpha value is -1.00. The summed E-state index contributed by atoms with van der Waals surface area (Å²) in [6.07, 6.45) is 2.14. The molecular weight excluding hydrogens is 244 g/mol. The second-order valence-corrected chi connectivity index (χ2v) is 5.51. The lowest BCUT2D eigenvalue weighted by Crippen LogP contribution is -2.33. The Morgan fingerprint density at radius 3 is 3.06 bits per heavy atom. The van der Waals surface area contributed by atoms with E-state index in [0.717, 1.165) is 37.5 Å². The minimum absolute atomic E-state index is 0.143. The van der Waals surface area contributed by atoms with Gasteiger partial charge in [-0.3, -0.25) is 4.79 Å².